The molecule has 0 radical (unpaired) electrons. The number of carboxylic acids is 1. The van der Waals surface area contributed by atoms with Crippen molar-refractivity contribution in [2.75, 3.05) is 0 Å². The summed E-state index contributed by atoms with van der Waals surface area (Å²) in [5.74, 6) is -1.50. The summed E-state index contributed by atoms with van der Waals surface area (Å²) in [6, 6.07) is 6.23. The molecule has 3 N–H and O–H groups in total. The number of carbonyl (C=O) groups is 1. The Kier molecular flexibility index (Phi) is 3.34. The Morgan fingerprint density at radius 1 is 1.47 bits per heavy atom. The molecule has 0 saturated carbocycles. The van der Waals surface area contributed by atoms with Gasteiger partial charge in [-0.25, -0.2) is 4.79 Å². The Balaban J connectivity index is 3.16. The number of carboxylic acid groups (broad SMARTS) is 1. The molecule has 0 aliphatic carbocycles. The van der Waals surface area contributed by atoms with Crippen molar-refractivity contribution in [3.05, 3.63) is 34.9 Å². The van der Waals surface area contributed by atoms with Crippen LogP contribution in [0.2, 0.25) is 5.02 Å². The molecule has 0 fully saturated rings. The fourth-order valence-electron chi connectivity index (χ4n) is 1.26. The molecule has 0 saturated heterocycles. The molecule has 0 amide bonds. The SMILES string of the molecule is C[C@](O)(c1ccccc1Cl)[C@@H](O)C(=O)O. The second-order valence-corrected chi connectivity index (χ2v) is 3.78. The standard InChI is InChI=1S/C10H11ClO4/c1-10(15,8(12)9(13)14)6-4-2-3-5-7(6)11/h2-5,8,12,15H,1H3,(H,13,14)/t8-,10-/m0/s1. The van der Waals surface area contributed by atoms with Crippen molar-refractivity contribution in [3.8, 4) is 0 Å². The highest BCUT2D eigenvalue weighted by atomic mass is 35.5. The molecule has 0 aromatic heterocycles. The Hall–Kier alpha value is -1.10. The van der Waals surface area contributed by atoms with Gasteiger partial charge < -0.3 is 15.3 Å². The number of halogens is 1. The average molecular weight is 231 g/mol. The minimum absolute atomic E-state index is 0.182. The number of hydrogen-bond acceptors (Lipinski definition) is 3. The number of benzene rings is 1. The van der Waals surface area contributed by atoms with Crippen LogP contribution in [0.5, 0.6) is 0 Å². The summed E-state index contributed by atoms with van der Waals surface area (Å²) >= 11 is 5.79. The van der Waals surface area contributed by atoms with E-state index in [0.717, 1.165) is 0 Å². The third-order valence-electron chi connectivity index (χ3n) is 2.19. The predicted octanol–water partition coefficient (Wildman–Crippen LogP) is 0.993. The molecule has 0 unspecified atom stereocenters. The molecule has 2 atom stereocenters. The molecule has 1 aromatic carbocycles. The van der Waals surface area contributed by atoms with Gasteiger partial charge in [0.15, 0.2) is 6.10 Å². The average Bonchev–Trinajstić information content (AvgIpc) is 2.16. The van der Waals surface area contributed by atoms with Gasteiger partial charge in [-0.1, -0.05) is 29.8 Å². The zero-order valence-electron chi connectivity index (χ0n) is 8.01. The summed E-state index contributed by atoms with van der Waals surface area (Å²) in [5, 5.41) is 28.0. The van der Waals surface area contributed by atoms with E-state index >= 15 is 0 Å². The van der Waals surface area contributed by atoms with Gasteiger partial charge in [0.25, 0.3) is 0 Å². The van der Waals surface area contributed by atoms with Crippen LogP contribution in [-0.2, 0) is 10.4 Å². The molecule has 15 heavy (non-hydrogen) atoms. The second kappa shape index (κ2) is 4.18. The normalized spacial score (nSPS) is 16.8. The van der Waals surface area contributed by atoms with Crippen LogP contribution in [-0.4, -0.2) is 27.4 Å². The molecule has 4 nitrogen and oxygen atoms in total. The molecular weight excluding hydrogens is 220 g/mol. The zero-order chi connectivity index (χ0) is 11.6. The zero-order valence-corrected chi connectivity index (χ0v) is 8.77. The van der Waals surface area contributed by atoms with Crippen LogP contribution < -0.4 is 0 Å². The summed E-state index contributed by atoms with van der Waals surface area (Å²) in [7, 11) is 0. The molecule has 0 aliphatic heterocycles. The Morgan fingerprint density at radius 2 is 2.00 bits per heavy atom. The quantitative estimate of drug-likeness (QED) is 0.724. The molecule has 0 bridgehead atoms. The van der Waals surface area contributed by atoms with Crippen molar-refractivity contribution in [3.63, 3.8) is 0 Å². The maximum Gasteiger partial charge on any atom is 0.335 e. The van der Waals surface area contributed by atoms with E-state index in [1.165, 1.54) is 19.1 Å². The fraction of sp³-hybridized carbons (Fsp3) is 0.300. The van der Waals surface area contributed by atoms with E-state index in [2.05, 4.69) is 0 Å². The third kappa shape index (κ3) is 2.28. The lowest BCUT2D eigenvalue weighted by Gasteiger charge is -2.27. The van der Waals surface area contributed by atoms with Crippen LogP contribution in [0.4, 0.5) is 0 Å². The van der Waals surface area contributed by atoms with Gasteiger partial charge in [-0.2, -0.15) is 0 Å². The highest BCUT2D eigenvalue weighted by molar-refractivity contribution is 6.31. The van der Waals surface area contributed by atoms with Crippen molar-refractivity contribution >= 4 is 17.6 Å². The van der Waals surface area contributed by atoms with Gasteiger partial charge in [-0.15, -0.1) is 0 Å². The first kappa shape index (κ1) is 12.0. The monoisotopic (exact) mass is 230 g/mol. The van der Waals surface area contributed by atoms with E-state index in [-0.39, 0.29) is 10.6 Å². The first-order valence-electron chi connectivity index (χ1n) is 4.25. The first-order chi connectivity index (χ1) is 6.87. The Bertz CT molecular complexity index is 375. The van der Waals surface area contributed by atoms with Gasteiger partial charge in [-0.05, 0) is 13.0 Å². The maximum absolute atomic E-state index is 10.6. The van der Waals surface area contributed by atoms with E-state index in [0.29, 0.717) is 0 Å². The molecule has 1 rings (SSSR count). The largest absolute Gasteiger partial charge is 0.479 e. The lowest BCUT2D eigenvalue weighted by Crippen LogP contribution is -2.42. The Morgan fingerprint density at radius 3 is 2.47 bits per heavy atom. The van der Waals surface area contributed by atoms with Crippen LogP contribution in [0.15, 0.2) is 24.3 Å². The number of aliphatic hydroxyl groups excluding tert-OH is 1. The summed E-state index contributed by atoms with van der Waals surface area (Å²) in [5.41, 5.74) is -1.73. The van der Waals surface area contributed by atoms with E-state index in [1.54, 1.807) is 12.1 Å². The van der Waals surface area contributed by atoms with Crippen LogP contribution in [0.25, 0.3) is 0 Å². The smallest absolute Gasteiger partial charge is 0.335 e. The predicted molar refractivity (Wildman–Crippen MR) is 54.7 cm³/mol. The molecule has 0 aliphatic rings. The Labute approximate surface area is 91.7 Å². The van der Waals surface area contributed by atoms with Crippen LogP contribution in [0.1, 0.15) is 12.5 Å². The number of aliphatic carboxylic acids is 1. The third-order valence-corrected chi connectivity index (χ3v) is 2.52. The number of hydrogen-bond donors (Lipinski definition) is 3. The topological polar surface area (TPSA) is 77.8 Å². The van der Waals surface area contributed by atoms with Gasteiger partial charge in [0, 0.05) is 10.6 Å². The van der Waals surface area contributed by atoms with Crippen molar-refractivity contribution in [1.82, 2.24) is 0 Å². The van der Waals surface area contributed by atoms with E-state index in [4.69, 9.17) is 16.7 Å². The van der Waals surface area contributed by atoms with Crippen molar-refractivity contribution in [1.29, 1.82) is 0 Å². The molecule has 5 heteroatoms. The number of aliphatic hydroxyl groups is 2. The summed E-state index contributed by atoms with van der Waals surface area (Å²) < 4.78 is 0. The summed E-state index contributed by atoms with van der Waals surface area (Å²) in [6.07, 6.45) is -1.92. The molecule has 0 heterocycles. The molecule has 0 spiro atoms. The molecular formula is C10H11ClO4. The van der Waals surface area contributed by atoms with Gasteiger partial charge in [0.05, 0.1) is 0 Å². The van der Waals surface area contributed by atoms with Crippen molar-refractivity contribution in [2.45, 2.75) is 18.6 Å². The molecule has 1 aromatic rings. The minimum atomic E-state index is -1.92. The van der Waals surface area contributed by atoms with Gasteiger partial charge in [0.2, 0.25) is 0 Å². The lowest BCUT2D eigenvalue weighted by molar-refractivity contribution is -0.162. The fourth-order valence-corrected chi connectivity index (χ4v) is 1.59. The number of rotatable bonds is 3. The van der Waals surface area contributed by atoms with E-state index < -0.39 is 17.7 Å². The van der Waals surface area contributed by atoms with Crippen LogP contribution in [0, 0.1) is 0 Å². The van der Waals surface area contributed by atoms with Crippen LogP contribution >= 0.6 is 11.6 Å². The maximum atomic E-state index is 10.6. The summed E-state index contributed by atoms with van der Waals surface area (Å²) in [6.45, 7) is 1.20. The van der Waals surface area contributed by atoms with Gasteiger partial charge in [-0.3, -0.25) is 0 Å². The van der Waals surface area contributed by atoms with Crippen molar-refractivity contribution in [2.24, 2.45) is 0 Å². The van der Waals surface area contributed by atoms with Crippen molar-refractivity contribution < 1.29 is 20.1 Å². The highest BCUT2D eigenvalue weighted by Crippen LogP contribution is 2.30. The minimum Gasteiger partial charge on any atom is -0.479 e. The second-order valence-electron chi connectivity index (χ2n) is 3.37. The van der Waals surface area contributed by atoms with E-state index in [9.17, 15) is 15.0 Å². The highest BCUT2D eigenvalue weighted by Gasteiger charge is 2.38. The van der Waals surface area contributed by atoms with E-state index in [1.807, 2.05) is 0 Å². The van der Waals surface area contributed by atoms with Gasteiger partial charge in [0.1, 0.15) is 5.60 Å². The first-order valence-corrected chi connectivity index (χ1v) is 4.63. The molecule has 82 valence electrons. The van der Waals surface area contributed by atoms with Gasteiger partial charge >= 0.3 is 5.97 Å². The summed E-state index contributed by atoms with van der Waals surface area (Å²) in [4.78, 5) is 10.6. The lowest BCUT2D eigenvalue weighted by atomic mass is 9.90. The van der Waals surface area contributed by atoms with Crippen LogP contribution in [0.3, 0.4) is 0 Å².